The lowest BCUT2D eigenvalue weighted by atomic mass is 10.2. The number of carbonyl (C=O) groups is 1. The number of ketones is 1. The van der Waals surface area contributed by atoms with Crippen LogP contribution in [0.1, 0.15) is 15.2 Å². The molecule has 2 nitrogen and oxygen atoms in total. The fourth-order valence-electron chi connectivity index (χ4n) is 1.02. The Labute approximate surface area is 101 Å². The van der Waals surface area contributed by atoms with Gasteiger partial charge in [-0.25, -0.2) is 0 Å². The van der Waals surface area contributed by atoms with Crippen LogP contribution in [0.2, 0.25) is 0 Å². The van der Waals surface area contributed by atoms with E-state index < -0.39 is 0 Å². The van der Waals surface area contributed by atoms with Crippen molar-refractivity contribution in [1.82, 2.24) is 0 Å². The topological polar surface area (TPSA) is 30.2 Å². The maximum absolute atomic E-state index is 11.8. The van der Waals surface area contributed by atoms with Gasteiger partial charge in [-0.3, -0.25) is 4.79 Å². The second-order valence-electron chi connectivity index (χ2n) is 2.57. The quantitative estimate of drug-likeness (QED) is 0.773. The lowest BCUT2D eigenvalue weighted by Gasteiger charge is -1.92. The molecule has 0 saturated carbocycles. The van der Waals surface area contributed by atoms with Crippen molar-refractivity contribution in [3.63, 3.8) is 0 Å². The molecular weight excluding hydrogens is 332 g/mol. The Morgan fingerprint density at radius 3 is 2.71 bits per heavy atom. The van der Waals surface area contributed by atoms with E-state index in [-0.39, 0.29) is 5.78 Å². The van der Waals surface area contributed by atoms with Crippen LogP contribution in [0.15, 0.2) is 37.3 Å². The van der Waals surface area contributed by atoms with Crippen molar-refractivity contribution in [2.75, 3.05) is 0 Å². The van der Waals surface area contributed by atoms with Crippen LogP contribution in [0.3, 0.4) is 0 Å². The van der Waals surface area contributed by atoms with Crippen LogP contribution in [0.5, 0.6) is 0 Å². The normalized spacial score (nSPS) is 10.4. The number of furan rings is 1. The Bertz CT molecular complexity index is 473. The molecule has 0 aliphatic rings. The fraction of sp³-hybridized carbons (Fsp3) is 0. The summed E-state index contributed by atoms with van der Waals surface area (Å²) < 4.78 is 6.40. The Morgan fingerprint density at radius 1 is 1.43 bits per heavy atom. The van der Waals surface area contributed by atoms with Crippen molar-refractivity contribution in [1.29, 1.82) is 0 Å². The third kappa shape index (κ3) is 1.85. The van der Waals surface area contributed by atoms with Crippen molar-refractivity contribution >= 4 is 49.0 Å². The SMILES string of the molecule is O=C(c1coc(Br)c1)c1sccc1Br. The molecule has 5 heteroatoms. The van der Waals surface area contributed by atoms with Gasteiger partial charge in [-0.05, 0) is 43.3 Å². The molecule has 0 aromatic carbocycles. The summed E-state index contributed by atoms with van der Waals surface area (Å²) in [6.45, 7) is 0. The van der Waals surface area contributed by atoms with Crippen LogP contribution in [0.4, 0.5) is 0 Å². The predicted octanol–water partition coefficient (Wildman–Crippen LogP) is 4.10. The summed E-state index contributed by atoms with van der Waals surface area (Å²) in [7, 11) is 0. The van der Waals surface area contributed by atoms with Crippen LogP contribution in [0.25, 0.3) is 0 Å². The van der Waals surface area contributed by atoms with E-state index in [4.69, 9.17) is 4.42 Å². The first-order chi connectivity index (χ1) is 6.68. The van der Waals surface area contributed by atoms with Crippen molar-refractivity contribution < 1.29 is 9.21 Å². The second kappa shape index (κ2) is 4.00. The van der Waals surface area contributed by atoms with Gasteiger partial charge in [-0.2, -0.15) is 0 Å². The van der Waals surface area contributed by atoms with Gasteiger partial charge in [0.25, 0.3) is 0 Å². The first-order valence-corrected chi connectivity index (χ1v) is 6.17. The highest BCUT2D eigenvalue weighted by molar-refractivity contribution is 9.10. The highest BCUT2D eigenvalue weighted by Crippen LogP contribution is 2.26. The van der Waals surface area contributed by atoms with Crippen LogP contribution >= 0.6 is 43.2 Å². The maximum atomic E-state index is 11.8. The summed E-state index contributed by atoms with van der Waals surface area (Å²) >= 11 is 7.88. The van der Waals surface area contributed by atoms with Gasteiger partial charge < -0.3 is 4.42 Å². The summed E-state index contributed by atoms with van der Waals surface area (Å²) in [5.74, 6) is -0.0266. The molecule has 2 rings (SSSR count). The van der Waals surface area contributed by atoms with E-state index in [0.29, 0.717) is 15.1 Å². The second-order valence-corrected chi connectivity index (χ2v) is 5.12. The molecule has 0 aliphatic carbocycles. The third-order valence-corrected chi connectivity index (χ3v) is 3.91. The lowest BCUT2D eigenvalue weighted by Crippen LogP contribution is -1.96. The molecule has 14 heavy (non-hydrogen) atoms. The molecular formula is C9H4Br2O2S. The van der Waals surface area contributed by atoms with Gasteiger partial charge in [-0.15, -0.1) is 11.3 Å². The summed E-state index contributed by atoms with van der Waals surface area (Å²) in [5.41, 5.74) is 0.556. The minimum absolute atomic E-state index is 0.0266. The van der Waals surface area contributed by atoms with Crippen molar-refractivity contribution in [3.8, 4) is 0 Å². The zero-order valence-electron chi connectivity index (χ0n) is 6.79. The van der Waals surface area contributed by atoms with Gasteiger partial charge >= 0.3 is 0 Å². The molecule has 2 aromatic heterocycles. The summed E-state index contributed by atoms with van der Waals surface area (Å²) in [4.78, 5) is 12.5. The average Bonchev–Trinajstić information content (AvgIpc) is 2.73. The Balaban J connectivity index is 2.38. The van der Waals surface area contributed by atoms with Crippen molar-refractivity contribution in [3.05, 3.63) is 43.4 Å². The molecule has 0 fully saturated rings. The van der Waals surface area contributed by atoms with E-state index in [1.165, 1.54) is 17.6 Å². The Hall–Kier alpha value is -0.390. The van der Waals surface area contributed by atoms with Crippen molar-refractivity contribution in [2.45, 2.75) is 0 Å². The van der Waals surface area contributed by atoms with E-state index in [2.05, 4.69) is 31.9 Å². The van der Waals surface area contributed by atoms with Gasteiger partial charge in [0.05, 0.1) is 10.4 Å². The van der Waals surface area contributed by atoms with Gasteiger partial charge in [-0.1, -0.05) is 0 Å². The lowest BCUT2D eigenvalue weighted by molar-refractivity contribution is 0.104. The van der Waals surface area contributed by atoms with Crippen molar-refractivity contribution in [2.24, 2.45) is 0 Å². The molecule has 0 bridgehead atoms. The molecule has 2 aromatic rings. The number of hydrogen-bond acceptors (Lipinski definition) is 3. The van der Waals surface area contributed by atoms with Crippen LogP contribution in [-0.4, -0.2) is 5.78 Å². The highest BCUT2D eigenvalue weighted by atomic mass is 79.9. The zero-order valence-corrected chi connectivity index (χ0v) is 10.8. The summed E-state index contributed by atoms with van der Waals surface area (Å²) in [5, 5.41) is 1.87. The smallest absolute Gasteiger partial charge is 0.207 e. The molecule has 0 N–H and O–H groups in total. The number of thiophene rings is 1. The number of hydrogen-bond donors (Lipinski definition) is 0. The summed E-state index contributed by atoms with van der Waals surface area (Å²) in [6, 6.07) is 3.52. The Morgan fingerprint density at radius 2 is 2.21 bits per heavy atom. The standard InChI is InChI=1S/C9H4Br2O2S/c10-6-1-2-14-9(6)8(12)5-3-7(11)13-4-5/h1-4H. The van der Waals surface area contributed by atoms with E-state index in [1.807, 2.05) is 11.4 Å². The molecule has 0 atom stereocenters. The number of halogens is 2. The highest BCUT2D eigenvalue weighted by Gasteiger charge is 2.15. The molecule has 0 saturated heterocycles. The van der Waals surface area contributed by atoms with Gasteiger partial charge in [0.2, 0.25) is 5.78 Å². The molecule has 0 amide bonds. The van der Waals surface area contributed by atoms with E-state index >= 15 is 0 Å². The molecule has 0 radical (unpaired) electrons. The largest absolute Gasteiger partial charge is 0.457 e. The maximum Gasteiger partial charge on any atom is 0.207 e. The monoisotopic (exact) mass is 334 g/mol. The fourth-order valence-corrected chi connectivity index (χ4v) is 2.87. The molecule has 0 aliphatic heterocycles. The molecule has 2 heterocycles. The van der Waals surface area contributed by atoms with Gasteiger partial charge in [0, 0.05) is 10.5 Å². The molecule has 0 unspecified atom stereocenters. The number of carbonyl (C=O) groups excluding carboxylic acids is 1. The molecule has 0 spiro atoms. The predicted molar refractivity (Wildman–Crippen MR) is 61.9 cm³/mol. The number of rotatable bonds is 2. The zero-order chi connectivity index (χ0) is 10.1. The van der Waals surface area contributed by atoms with Crippen LogP contribution < -0.4 is 0 Å². The average molecular weight is 336 g/mol. The van der Waals surface area contributed by atoms with E-state index in [1.54, 1.807) is 6.07 Å². The third-order valence-electron chi connectivity index (χ3n) is 1.65. The Kier molecular flexibility index (Phi) is 2.90. The minimum Gasteiger partial charge on any atom is -0.457 e. The minimum atomic E-state index is -0.0266. The van der Waals surface area contributed by atoms with Gasteiger partial charge in [0.15, 0.2) is 4.67 Å². The van der Waals surface area contributed by atoms with Crippen LogP contribution in [0, 0.1) is 0 Å². The first-order valence-electron chi connectivity index (χ1n) is 3.70. The molecule has 72 valence electrons. The first kappa shape index (κ1) is 10.1. The van der Waals surface area contributed by atoms with Gasteiger partial charge in [0.1, 0.15) is 6.26 Å². The van der Waals surface area contributed by atoms with Crippen LogP contribution in [-0.2, 0) is 0 Å². The summed E-state index contributed by atoms with van der Waals surface area (Å²) in [6.07, 6.45) is 1.44. The van der Waals surface area contributed by atoms with E-state index in [9.17, 15) is 4.79 Å². The van der Waals surface area contributed by atoms with E-state index in [0.717, 1.165) is 4.47 Å².